The molecule has 6 nitrogen and oxygen atoms in total. The molecule has 0 saturated carbocycles. The zero-order chi connectivity index (χ0) is 19.9. The summed E-state index contributed by atoms with van der Waals surface area (Å²) in [6.45, 7) is 14.3. The maximum Gasteiger partial charge on any atom is 0.217 e. The lowest BCUT2D eigenvalue weighted by Crippen LogP contribution is -2.51. The van der Waals surface area contributed by atoms with Crippen molar-refractivity contribution in [3.05, 3.63) is 35.8 Å². The molecule has 0 radical (unpaired) electrons. The van der Waals surface area contributed by atoms with Crippen LogP contribution in [-0.2, 0) is 18.9 Å². The van der Waals surface area contributed by atoms with Crippen LogP contribution < -0.4 is 10.8 Å². The molecule has 2 aromatic rings. The average molecular weight is 397 g/mol. The summed E-state index contributed by atoms with van der Waals surface area (Å²) in [5.74, 6) is 1.37. The second kappa shape index (κ2) is 10.2. The highest BCUT2D eigenvalue weighted by molar-refractivity contribution is 6.98. The van der Waals surface area contributed by atoms with Crippen LogP contribution >= 0.6 is 0 Å². The molecule has 0 bridgehead atoms. The predicted octanol–water partition coefficient (Wildman–Crippen LogP) is 3.84. The van der Waals surface area contributed by atoms with Gasteiger partial charge in [0.2, 0.25) is 20.7 Å². The van der Waals surface area contributed by atoms with Crippen molar-refractivity contribution < 1.29 is 27.8 Å². The van der Waals surface area contributed by atoms with Crippen LogP contribution in [-0.4, -0.2) is 34.5 Å². The molecule has 7 heteroatoms. The highest BCUT2D eigenvalue weighted by Gasteiger charge is 2.35. The standard InChI is InChI=1S/C20H32O6Si/c1-7-21-19(22-8-2)15-11-13-17(25-15)27(5,6)18-14-12-16(26-18)20(23-9-3)24-10-4/h11-14,19-20H,7-10H2,1-6H3. The molecule has 27 heavy (non-hydrogen) atoms. The Kier molecular flexibility index (Phi) is 8.31. The number of rotatable bonds is 12. The largest absolute Gasteiger partial charge is 0.465 e. The third kappa shape index (κ3) is 5.33. The van der Waals surface area contributed by atoms with E-state index in [1.165, 1.54) is 0 Å². The Balaban J connectivity index is 2.23. The van der Waals surface area contributed by atoms with Crippen molar-refractivity contribution in [2.75, 3.05) is 26.4 Å². The molecule has 0 aromatic carbocycles. The van der Waals surface area contributed by atoms with Gasteiger partial charge >= 0.3 is 0 Å². The Labute approximate surface area is 162 Å². The van der Waals surface area contributed by atoms with Gasteiger partial charge in [0, 0.05) is 26.4 Å². The molecule has 2 rings (SSSR count). The lowest BCUT2D eigenvalue weighted by molar-refractivity contribution is -0.150. The van der Waals surface area contributed by atoms with Gasteiger partial charge in [-0.05, 0) is 52.0 Å². The van der Waals surface area contributed by atoms with Gasteiger partial charge in [-0.2, -0.15) is 0 Å². The van der Waals surface area contributed by atoms with E-state index in [4.69, 9.17) is 27.8 Å². The molecule has 0 aliphatic carbocycles. The van der Waals surface area contributed by atoms with Crippen LogP contribution in [0.1, 0.15) is 51.8 Å². The normalized spacial score (nSPS) is 12.4. The summed E-state index contributed by atoms with van der Waals surface area (Å²) in [6, 6.07) is 7.84. The number of hydrogen-bond acceptors (Lipinski definition) is 6. The Morgan fingerprint density at radius 2 is 1.00 bits per heavy atom. The number of furan rings is 2. The summed E-state index contributed by atoms with van der Waals surface area (Å²) in [5, 5.41) is 1.82. The summed E-state index contributed by atoms with van der Waals surface area (Å²) < 4.78 is 34.8. The third-order valence-electron chi connectivity index (χ3n) is 4.22. The summed E-state index contributed by atoms with van der Waals surface area (Å²) >= 11 is 0. The van der Waals surface area contributed by atoms with Gasteiger partial charge in [-0.25, -0.2) is 0 Å². The quantitative estimate of drug-likeness (QED) is 0.401. The fourth-order valence-corrected chi connectivity index (χ4v) is 4.77. The molecule has 0 saturated heterocycles. The highest BCUT2D eigenvalue weighted by Crippen LogP contribution is 2.22. The van der Waals surface area contributed by atoms with Crippen LogP contribution in [0.4, 0.5) is 0 Å². The minimum absolute atomic E-state index is 0.481. The van der Waals surface area contributed by atoms with Gasteiger partial charge < -0.3 is 27.8 Å². The molecule has 0 aliphatic heterocycles. The fourth-order valence-electron chi connectivity index (χ4n) is 2.78. The van der Waals surface area contributed by atoms with Gasteiger partial charge in [0.05, 0.1) is 10.8 Å². The number of hydrogen-bond donors (Lipinski definition) is 0. The second-order valence-corrected chi connectivity index (χ2v) is 10.7. The first-order valence-electron chi connectivity index (χ1n) is 9.64. The van der Waals surface area contributed by atoms with E-state index in [2.05, 4.69) is 13.1 Å². The maximum atomic E-state index is 6.12. The lowest BCUT2D eigenvalue weighted by Gasteiger charge is -2.19. The van der Waals surface area contributed by atoms with Crippen LogP contribution in [0.5, 0.6) is 0 Å². The van der Waals surface area contributed by atoms with Gasteiger partial charge in [0.25, 0.3) is 0 Å². The Hall–Kier alpha value is -1.38. The minimum Gasteiger partial charge on any atom is -0.465 e. The summed E-state index contributed by atoms with van der Waals surface area (Å²) in [4.78, 5) is 0. The zero-order valence-corrected chi connectivity index (χ0v) is 18.2. The second-order valence-electron chi connectivity index (χ2n) is 6.51. The van der Waals surface area contributed by atoms with Gasteiger partial charge in [0.1, 0.15) is 0 Å². The van der Waals surface area contributed by atoms with E-state index in [9.17, 15) is 0 Å². The molecule has 0 N–H and O–H groups in total. The molecule has 2 aromatic heterocycles. The molecular weight excluding hydrogens is 364 g/mol. The SMILES string of the molecule is CCOC(OCC)c1ccc([Si](C)(C)c2ccc(C(OCC)OCC)o2)o1. The van der Waals surface area contributed by atoms with Crippen molar-refractivity contribution in [2.24, 2.45) is 0 Å². The molecule has 0 amide bonds. The van der Waals surface area contributed by atoms with E-state index in [0.717, 1.165) is 10.8 Å². The Morgan fingerprint density at radius 1 is 0.667 bits per heavy atom. The Bertz CT molecular complexity index is 609. The van der Waals surface area contributed by atoms with Crippen LogP contribution in [0.2, 0.25) is 13.1 Å². The van der Waals surface area contributed by atoms with Crippen molar-refractivity contribution in [1.82, 2.24) is 0 Å². The van der Waals surface area contributed by atoms with E-state index < -0.39 is 20.7 Å². The maximum absolute atomic E-state index is 6.12. The van der Waals surface area contributed by atoms with E-state index in [-0.39, 0.29) is 0 Å². The van der Waals surface area contributed by atoms with Crippen molar-refractivity contribution in [1.29, 1.82) is 0 Å². The summed E-state index contributed by atoms with van der Waals surface area (Å²) in [5.41, 5.74) is 0. The van der Waals surface area contributed by atoms with Crippen LogP contribution in [0.25, 0.3) is 0 Å². The van der Waals surface area contributed by atoms with E-state index in [0.29, 0.717) is 37.9 Å². The predicted molar refractivity (Wildman–Crippen MR) is 106 cm³/mol. The van der Waals surface area contributed by atoms with Crippen molar-refractivity contribution in [3.8, 4) is 0 Å². The minimum atomic E-state index is -2.15. The van der Waals surface area contributed by atoms with Crippen molar-refractivity contribution >= 4 is 18.8 Å². The van der Waals surface area contributed by atoms with Gasteiger partial charge in [-0.3, -0.25) is 0 Å². The van der Waals surface area contributed by atoms with Crippen molar-refractivity contribution in [3.63, 3.8) is 0 Å². The molecule has 0 aliphatic rings. The summed E-state index contributed by atoms with van der Waals surface area (Å²) in [7, 11) is -2.15. The van der Waals surface area contributed by atoms with E-state index in [1.807, 2.05) is 52.0 Å². The average Bonchev–Trinajstić information content (AvgIpc) is 3.32. The van der Waals surface area contributed by atoms with E-state index in [1.54, 1.807) is 0 Å². The first-order valence-corrected chi connectivity index (χ1v) is 12.6. The molecule has 2 heterocycles. The van der Waals surface area contributed by atoms with Gasteiger partial charge in [0.15, 0.2) is 11.5 Å². The monoisotopic (exact) mass is 396 g/mol. The smallest absolute Gasteiger partial charge is 0.217 e. The van der Waals surface area contributed by atoms with Crippen LogP contribution in [0.15, 0.2) is 33.1 Å². The third-order valence-corrected chi connectivity index (χ3v) is 7.22. The van der Waals surface area contributed by atoms with Crippen LogP contribution in [0.3, 0.4) is 0 Å². The lowest BCUT2D eigenvalue weighted by atomic mass is 10.4. The molecule has 0 atom stereocenters. The van der Waals surface area contributed by atoms with Gasteiger partial charge in [-0.15, -0.1) is 0 Å². The Morgan fingerprint density at radius 3 is 1.30 bits per heavy atom. The first-order chi connectivity index (χ1) is 13.0. The van der Waals surface area contributed by atoms with Crippen LogP contribution in [0, 0.1) is 0 Å². The molecule has 152 valence electrons. The molecule has 0 spiro atoms. The molecule has 0 unspecified atom stereocenters. The molecule has 0 fully saturated rings. The summed E-state index contributed by atoms with van der Waals surface area (Å²) in [6.07, 6.45) is -0.961. The first kappa shape index (κ1) is 21.9. The zero-order valence-electron chi connectivity index (χ0n) is 17.2. The van der Waals surface area contributed by atoms with Gasteiger partial charge in [-0.1, -0.05) is 13.1 Å². The topological polar surface area (TPSA) is 63.2 Å². The highest BCUT2D eigenvalue weighted by atomic mass is 28.3. The number of ether oxygens (including phenoxy) is 4. The molecular formula is C20H32O6Si. The fraction of sp³-hybridized carbons (Fsp3) is 0.600. The van der Waals surface area contributed by atoms with E-state index >= 15 is 0 Å². The van der Waals surface area contributed by atoms with Crippen molar-refractivity contribution in [2.45, 2.75) is 53.4 Å².